The van der Waals surface area contributed by atoms with Crippen LogP contribution in [0.4, 0.5) is 0 Å². The van der Waals surface area contributed by atoms with Gasteiger partial charge in [-0.25, -0.2) is 0 Å². The molecule has 0 saturated carbocycles. The van der Waals surface area contributed by atoms with E-state index < -0.39 is 0 Å². The van der Waals surface area contributed by atoms with Crippen molar-refractivity contribution in [3.05, 3.63) is 23.8 Å². The number of rotatable bonds is 0. The van der Waals surface area contributed by atoms with Gasteiger partial charge >= 0.3 is 0 Å². The zero-order valence-electron chi connectivity index (χ0n) is 8.02. The summed E-state index contributed by atoms with van der Waals surface area (Å²) in [5.74, 6) is 0.737. The molecule has 1 aliphatic carbocycles. The smallest absolute Gasteiger partial charge is 0.0135 e. The third-order valence-corrected chi connectivity index (χ3v) is 2.18. The highest BCUT2D eigenvalue weighted by atomic mass is 14.2. The van der Waals surface area contributed by atoms with Crippen molar-refractivity contribution < 1.29 is 0 Å². The third-order valence-electron chi connectivity index (χ3n) is 2.18. The Labute approximate surface area is 70.0 Å². The lowest BCUT2D eigenvalue weighted by Gasteiger charge is -2.23. The average molecular weight is 150 g/mol. The van der Waals surface area contributed by atoms with Crippen molar-refractivity contribution in [2.24, 2.45) is 11.3 Å². The summed E-state index contributed by atoms with van der Waals surface area (Å²) in [4.78, 5) is 0. The highest BCUT2D eigenvalue weighted by Crippen LogP contribution is 2.30. The molecule has 0 aromatic rings. The van der Waals surface area contributed by atoms with E-state index in [1.54, 1.807) is 0 Å². The first-order valence-electron chi connectivity index (χ1n) is 4.39. The first-order valence-corrected chi connectivity index (χ1v) is 4.39. The van der Waals surface area contributed by atoms with Gasteiger partial charge < -0.3 is 0 Å². The first kappa shape index (κ1) is 8.58. The van der Waals surface area contributed by atoms with Crippen LogP contribution in [0.1, 0.15) is 34.1 Å². The largest absolute Gasteiger partial charge is 0.0811 e. The normalized spacial score (nSPS) is 25.1. The van der Waals surface area contributed by atoms with Crippen LogP contribution in [0.25, 0.3) is 0 Å². The Morgan fingerprint density at radius 3 is 2.36 bits per heavy atom. The van der Waals surface area contributed by atoms with Crippen LogP contribution in [0.5, 0.6) is 0 Å². The second-order valence-electron chi connectivity index (χ2n) is 4.48. The Balaban J connectivity index is 2.71. The lowest BCUT2D eigenvalue weighted by Crippen LogP contribution is -2.10. The summed E-state index contributed by atoms with van der Waals surface area (Å²) < 4.78 is 0. The standard InChI is InChI=1S/C11H18/c1-9-5-7-10(8-6-9)11(2,3)4/h5,7-9H,6H2,1-4H3. The van der Waals surface area contributed by atoms with Crippen molar-refractivity contribution in [2.75, 3.05) is 0 Å². The van der Waals surface area contributed by atoms with Crippen molar-refractivity contribution in [2.45, 2.75) is 34.1 Å². The second-order valence-corrected chi connectivity index (χ2v) is 4.48. The molecule has 0 amide bonds. The average Bonchev–Trinajstić information content (AvgIpc) is 1.86. The van der Waals surface area contributed by atoms with Crippen molar-refractivity contribution in [1.82, 2.24) is 0 Å². The lowest BCUT2D eigenvalue weighted by molar-refractivity contribution is 0.507. The second kappa shape index (κ2) is 2.84. The molecule has 0 radical (unpaired) electrons. The van der Waals surface area contributed by atoms with Crippen molar-refractivity contribution in [3.8, 4) is 0 Å². The van der Waals surface area contributed by atoms with Gasteiger partial charge in [0.25, 0.3) is 0 Å². The van der Waals surface area contributed by atoms with E-state index >= 15 is 0 Å². The maximum absolute atomic E-state index is 2.37. The Kier molecular flexibility index (Phi) is 2.22. The van der Waals surface area contributed by atoms with E-state index in [0.717, 1.165) is 5.92 Å². The van der Waals surface area contributed by atoms with Crippen molar-refractivity contribution in [3.63, 3.8) is 0 Å². The van der Waals surface area contributed by atoms with Crippen LogP contribution in [0.15, 0.2) is 23.8 Å². The van der Waals surface area contributed by atoms with Crippen LogP contribution in [0.2, 0.25) is 0 Å². The number of allylic oxidation sites excluding steroid dienone is 4. The van der Waals surface area contributed by atoms with Crippen LogP contribution >= 0.6 is 0 Å². The molecule has 62 valence electrons. The van der Waals surface area contributed by atoms with E-state index in [4.69, 9.17) is 0 Å². The summed E-state index contributed by atoms with van der Waals surface area (Å²) in [5.41, 5.74) is 1.81. The summed E-state index contributed by atoms with van der Waals surface area (Å²) >= 11 is 0. The van der Waals surface area contributed by atoms with Crippen LogP contribution in [-0.4, -0.2) is 0 Å². The van der Waals surface area contributed by atoms with Gasteiger partial charge in [0.1, 0.15) is 0 Å². The minimum Gasteiger partial charge on any atom is -0.0811 e. The van der Waals surface area contributed by atoms with E-state index in [0.29, 0.717) is 5.41 Å². The predicted molar refractivity (Wildman–Crippen MR) is 50.5 cm³/mol. The molecule has 0 nitrogen and oxygen atoms in total. The molecular formula is C11H18. The molecule has 1 unspecified atom stereocenters. The summed E-state index contributed by atoms with van der Waals surface area (Å²) in [6.07, 6.45) is 8.16. The minimum atomic E-state index is 0.330. The molecule has 0 aliphatic heterocycles. The van der Waals surface area contributed by atoms with Gasteiger partial charge in [-0.3, -0.25) is 0 Å². The van der Waals surface area contributed by atoms with Gasteiger partial charge in [-0.15, -0.1) is 0 Å². The van der Waals surface area contributed by atoms with Gasteiger partial charge in [-0.1, -0.05) is 45.9 Å². The first-order chi connectivity index (χ1) is 5.00. The van der Waals surface area contributed by atoms with Crippen molar-refractivity contribution >= 4 is 0 Å². The minimum absolute atomic E-state index is 0.330. The highest BCUT2D eigenvalue weighted by molar-refractivity contribution is 5.28. The maximum atomic E-state index is 2.37. The fourth-order valence-electron chi connectivity index (χ4n) is 1.28. The highest BCUT2D eigenvalue weighted by Gasteiger charge is 2.16. The molecule has 0 heteroatoms. The predicted octanol–water partition coefficient (Wildman–Crippen LogP) is 3.55. The van der Waals surface area contributed by atoms with Gasteiger partial charge in [0, 0.05) is 0 Å². The van der Waals surface area contributed by atoms with Gasteiger partial charge in [0.15, 0.2) is 0 Å². The van der Waals surface area contributed by atoms with Gasteiger partial charge in [0.2, 0.25) is 0 Å². The van der Waals surface area contributed by atoms with Gasteiger partial charge in [-0.2, -0.15) is 0 Å². The quantitative estimate of drug-likeness (QED) is 0.495. The van der Waals surface area contributed by atoms with Crippen molar-refractivity contribution in [1.29, 1.82) is 0 Å². The van der Waals surface area contributed by atoms with Crippen LogP contribution in [0, 0.1) is 11.3 Å². The van der Waals surface area contributed by atoms with Crippen LogP contribution in [0.3, 0.4) is 0 Å². The van der Waals surface area contributed by atoms with Gasteiger partial charge in [-0.05, 0) is 23.3 Å². The fraction of sp³-hybridized carbons (Fsp3) is 0.636. The maximum Gasteiger partial charge on any atom is -0.0135 e. The van der Waals surface area contributed by atoms with E-state index in [1.807, 2.05) is 0 Å². The molecule has 0 aromatic carbocycles. The van der Waals surface area contributed by atoms with Crippen LogP contribution < -0.4 is 0 Å². The van der Waals surface area contributed by atoms with E-state index in [9.17, 15) is 0 Å². The van der Waals surface area contributed by atoms with Gasteiger partial charge in [0.05, 0.1) is 0 Å². The molecule has 0 fully saturated rings. The molecule has 0 saturated heterocycles. The molecule has 0 N–H and O–H groups in total. The molecule has 11 heavy (non-hydrogen) atoms. The zero-order valence-corrected chi connectivity index (χ0v) is 8.02. The summed E-state index contributed by atoms with van der Waals surface area (Å²) in [6.45, 7) is 9.05. The van der Waals surface area contributed by atoms with Crippen LogP contribution in [-0.2, 0) is 0 Å². The van der Waals surface area contributed by atoms with E-state index in [-0.39, 0.29) is 0 Å². The summed E-state index contributed by atoms with van der Waals surface area (Å²) in [7, 11) is 0. The topological polar surface area (TPSA) is 0 Å². The fourth-order valence-corrected chi connectivity index (χ4v) is 1.28. The third kappa shape index (κ3) is 2.21. The Morgan fingerprint density at radius 2 is 2.00 bits per heavy atom. The summed E-state index contributed by atoms with van der Waals surface area (Å²) in [5, 5.41) is 0. The Morgan fingerprint density at radius 1 is 1.36 bits per heavy atom. The van der Waals surface area contributed by atoms with E-state index in [1.165, 1.54) is 12.0 Å². The molecule has 0 heterocycles. The number of hydrogen-bond acceptors (Lipinski definition) is 0. The molecule has 1 rings (SSSR count). The molecule has 0 bridgehead atoms. The summed E-state index contributed by atoms with van der Waals surface area (Å²) in [6, 6.07) is 0. The molecule has 0 aromatic heterocycles. The monoisotopic (exact) mass is 150 g/mol. The molecule has 0 spiro atoms. The SMILES string of the molecule is CC1C=CC(C(C)(C)C)=CC1. The number of hydrogen-bond donors (Lipinski definition) is 0. The Hall–Kier alpha value is -0.520. The van der Waals surface area contributed by atoms with E-state index in [2.05, 4.69) is 45.9 Å². The molecular weight excluding hydrogens is 132 g/mol. The Bertz CT molecular complexity index is 189. The lowest BCUT2D eigenvalue weighted by atomic mass is 9.82. The molecule has 1 aliphatic rings. The zero-order chi connectivity index (χ0) is 8.48. The molecule has 1 atom stereocenters.